The van der Waals surface area contributed by atoms with Crippen LogP contribution in [0.1, 0.15) is 0 Å². The third-order valence-corrected chi connectivity index (χ3v) is 2.51. The second-order valence-electron chi connectivity index (χ2n) is 4.50. The quantitative estimate of drug-likeness (QED) is 0.841. The van der Waals surface area contributed by atoms with Crippen molar-refractivity contribution in [3.8, 4) is 5.75 Å². The predicted molar refractivity (Wildman–Crippen MR) is 72.7 cm³/mol. The van der Waals surface area contributed by atoms with E-state index in [1.165, 1.54) is 31.2 Å². The summed E-state index contributed by atoms with van der Waals surface area (Å²) in [7, 11) is 2.85. The number of hydrogen-bond acceptors (Lipinski definition) is 4. The van der Waals surface area contributed by atoms with Crippen LogP contribution in [-0.4, -0.2) is 55.8 Å². The number of nitrogens with zero attached hydrogens (tertiary/aromatic N) is 1. The molecule has 0 radical (unpaired) electrons. The van der Waals surface area contributed by atoms with Gasteiger partial charge in [-0.15, -0.1) is 13.2 Å². The Morgan fingerprint density at radius 1 is 1.45 bits per heavy atom. The number of carbonyl (C=O) groups is 1. The number of anilines is 1. The number of methoxy groups -OCH3 is 1. The Bertz CT molecular complexity index is 496. The van der Waals surface area contributed by atoms with E-state index in [0.717, 1.165) is 12.1 Å². The van der Waals surface area contributed by atoms with E-state index < -0.39 is 24.2 Å². The van der Waals surface area contributed by atoms with Crippen LogP contribution in [0.5, 0.6) is 5.75 Å². The van der Waals surface area contributed by atoms with Gasteiger partial charge >= 0.3 is 12.4 Å². The minimum absolute atomic E-state index is 0.0123. The van der Waals surface area contributed by atoms with Crippen molar-refractivity contribution >= 4 is 11.7 Å². The summed E-state index contributed by atoms with van der Waals surface area (Å²) in [5.74, 6) is -0.438. The third-order valence-electron chi connectivity index (χ3n) is 2.51. The number of halogens is 3. The molecule has 0 fully saturated rings. The van der Waals surface area contributed by atoms with Crippen LogP contribution in [0.15, 0.2) is 24.3 Å². The van der Waals surface area contributed by atoms with Gasteiger partial charge in [0.05, 0.1) is 19.3 Å². The number of hydrogen-bond donors (Lipinski definition) is 2. The number of likely N-dealkylation sites (N-methyl/N-ethyl adjacent to an activating group) is 1. The first-order valence-corrected chi connectivity index (χ1v) is 6.26. The summed E-state index contributed by atoms with van der Waals surface area (Å²) in [5, 5.41) is 11.9. The third kappa shape index (κ3) is 6.64. The molecular weight excluding hydrogens is 305 g/mol. The largest absolute Gasteiger partial charge is 0.573 e. The summed E-state index contributed by atoms with van der Waals surface area (Å²) in [4.78, 5) is 13.0. The zero-order chi connectivity index (χ0) is 16.8. The number of ether oxygens (including phenoxy) is 2. The first kappa shape index (κ1) is 18.1. The number of aliphatic hydroxyl groups excluding tert-OH is 1. The van der Waals surface area contributed by atoms with Gasteiger partial charge in [-0.1, -0.05) is 6.07 Å². The van der Waals surface area contributed by atoms with Crippen LogP contribution >= 0.6 is 0 Å². The maximum Gasteiger partial charge on any atom is 0.573 e. The Labute approximate surface area is 125 Å². The van der Waals surface area contributed by atoms with E-state index in [4.69, 9.17) is 4.74 Å². The zero-order valence-corrected chi connectivity index (χ0v) is 12.1. The molecule has 124 valence electrons. The normalized spacial score (nSPS) is 12.6. The molecule has 0 bridgehead atoms. The van der Waals surface area contributed by atoms with Gasteiger partial charge in [0.25, 0.3) is 0 Å². The van der Waals surface area contributed by atoms with E-state index in [1.807, 2.05) is 0 Å². The molecule has 2 N–H and O–H groups in total. The Morgan fingerprint density at radius 2 is 2.14 bits per heavy atom. The Morgan fingerprint density at radius 3 is 2.73 bits per heavy atom. The summed E-state index contributed by atoms with van der Waals surface area (Å²) < 4.78 is 44.9. The van der Waals surface area contributed by atoms with Gasteiger partial charge in [-0.2, -0.15) is 0 Å². The lowest BCUT2D eigenvalue weighted by molar-refractivity contribution is -0.274. The monoisotopic (exact) mass is 322 g/mol. The first-order chi connectivity index (χ1) is 10.2. The van der Waals surface area contributed by atoms with Gasteiger partial charge in [0.15, 0.2) is 0 Å². The van der Waals surface area contributed by atoms with Gasteiger partial charge in [0.1, 0.15) is 5.75 Å². The van der Waals surface area contributed by atoms with Crippen LogP contribution in [0.4, 0.5) is 23.7 Å². The summed E-state index contributed by atoms with van der Waals surface area (Å²) in [6.45, 7) is 0.0743. The maximum atomic E-state index is 12.1. The Kier molecular flexibility index (Phi) is 6.44. The summed E-state index contributed by atoms with van der Waals surface area (Å²) in [6.07, 6.45) is -5.66. The molecule has 0 aliphatic carbocycles. The van der Waals surface area contributed by atoms with Gasteiger partial charge in [-0.3, -0.25) is 0 Å². The number of benzene rings is 1. The molecule has 1 aromatic carbocycles. The molecule has 0 aliphatic rings. The average Bonchev–Trinajstić information content (AvgIpc) is 2.37. The van der Waals surface area contributed by atoms with E-state index >= 15 is 0 Å². The number of rotatable bonds is 6. The highest BCUT2D eigenvalue weighted by atomic mass is 19.4. The van der Waals surface area contributed by atoms with E-state index in [0.29, 0.717) is 0 Å². The van der Waals surface area contributed by atoms with Gasteiger partial charge in [0, 0.05) is 25.9 Å². The fourth-order valence-electron chi connectivity index (χ4n) is 1.63. The van der Waals surface area contributed by atoms with Crippen LogP contribution in [0.3, 0.4) is 0 Å². The highest BCUT2D eigenvalue weighted by molar-refractivity contribution is 5.89. The number of aliphatic hydroxyl groups is 1. The molecule has 1 unspecified atom stereocenters. The van der Waals surface area contributed by atoms with Gasteiger partial charge in [-0.25, -0.2) is 4.79 Å². The highest BCUT2D eigenvalue weighted by Gasteiger charge is 2.31. The zero-order valence-electron chi connectivity index (χ0n) is 12.1. The number of alkyl halides is 3. The molecule has 1 atom stereocenters. The molecule has 1 rings (SSSR count). The van der Waals surface area contributed by atoms with E-state index in [-0.39, 0.29) is 18.8 Å². The fourth-order valence-corrected chi connectivity index (χ4v) is 1.63. The number of urea groups is 1. The Hall–Kier alpha value is -2.00. The minimum Gasteiger partial charge on any atom is -0.406 e. The fraction of sp³-hybridized carbons (Fsp3) is 0.462. The molecule has 0 saturated carbocycles. The van der Waals surface area contributed by atoms with Gasteiger partial charge in [0.2, 0.25) is 0 Å². The van der Waals surface area contributed by atoms with Crippen molar-refractivity contribution in [3.63, 3.8) is 0 Å². The minimum atomic E-state index is -4.80. The summed E-state index contributed by atoms with van der Waals surface area (Å²) in [5.41, 5.74) is 0.139. The first-order valence-electron chi connectivity index (χ1n) is 6.26. The van der Waals surface area contributed by atoms with Gasteiger partial charge < -0.3 is 24.8 Å². The molecule has 1 aromatic rings. The second-order valence-corrected chi connectivity index (χ2v) is 4.50. The topological polar surface area (TPSA) is 71.0 Å². The van der Waals surface area contributed by atoms with Crippen molar-refractivity contribution in [1.29, 1.82) is 0 Å². The Balaban J connectivity index is 2.62. The molecule has 0 saturated heterocycles. The highest BCUT2D eigenvalue weighted by Crippen LogP contribution is 2.25. The molecule has 22 heavy (non-hydrogen) atoms. The number of carbonyl (C=O) groups excluding carboxylic acids is 1. The molecule has 2 amide bonds. The van der Waals surface area contributed by atoms with Crippen molar-refractivity contribution in [2.24, 2.45) is 0 Å². The van der Waals surface area contributed by atoms with Crippen LogP contribution in [0.2, 0.25) is 0 Å². The van der Waals surface area contributed by atoms with Crippen molar-refractivity contribution in [2.45, 2.75) is 12.5 Å². The number of amides is 2. The lowest BCUT2D eigenvalue weighted by Crippen LogP contribution is -2.38. The van der Waals surface area contributed by atoms with Crippen LogP contribution in [0.25, 0.3) is 0 Å². The molecule has 6 nitrogen and oxygen atoms in total. The van der Waals surface area contributed by atoms with Gasteiger partial charge in [-0.05, 0) is 12.1 Å². The van der Waals surface area contributed by atoms with Crippen molar-refractivity contribution < 1.29 is 32.5 Å². The summed E-state index contributed by atoms with van der Waals surface area (Å²) in [6, 6.07) is 4.32. The van der Waals surface area contributed by atoms with Crippen LogP contribution in [0, 0.1) is 0 Å². The predicted octanol–water partition coefficient (Wildman–Crippen LogP) is 2.06. The lowest BCUT2D eigenvalue weighted by Gasteiger charge is -2.21. The smallest absolute Gasteiger partial charge is 0.406 e. The SMILES string of the molecule is COCC(O)CN(C)C(=O)Nc1cccc(OC(F)(F)F)c1. The number of nitrogens with one attached hydrogen (secondary N) is 1. The lowest BCUT2D eigenvalue weighted by atomic mass is 10.3. The molecule has 0 aromatic heterocycles. The van der Waals surface area contributed by atoms with Crippen LogP contribution < -0.4 is 10.1 Å². The molecule has 9 heteroatoms. The summed E-state index contributed by atoms with van der Waals surface area (Å²) >= 11 is 0. The van der Waals surface area contributed by atoms with Crippen LogP contribution in [-0.2, 0) is 4.74 Å². The van der Waals surface area contributed by atoms with E-state index in [1.54, 1.807) is 0 Å². The second kappa shape index (κ2) is 7.85. The van der Waals surface area contributed by atoms with E-state index in [2.05, 4.69) is 10.1 Å². The average molecular weight is 322 g/mol. The standard InChI is InChI=1S/C13H17F3N2O4/c1-18(7-10(19)8-21-2)12(20)17-9-4-3-5-11(6-9)22-13(14,15)16/h3-6,10,19H,7-8H2,1-2H3,(H,17,20). The van der Waals surface area contributed by atoms with Crippen molar-refractivity contribution in [1.82, 2.24) is 4.90 Å². The molecule has 0 spiro atoms. The molecule has 0 heterocycles. The van der Waals surface area contributed by atoms with Crippen molar-refractivity contribution in [2.75, 3.05) is 32.6 Å². The maximum absolute atomic E-state index is 12.1. The van der Waals surface area contributed by atoms with Crippen molar-refractivity contribution in [3.05, 3.63) is 24.3 Å². The molecule has 0 aliphatic heterocycles. The van der Waals surface area contributed by atoms with E-state index in [9.17, 15) is 23.1 Å². The molecular formula is C13H17F3N2O4.